The molecule has 124 valence electrons. The van der Waals surface area contributed by atoms with Gasteiger partial charge in [0.15, 0.2) is 0 Å². The first-order valence-corrected chi connectivity index (χ1v) is 9.86. The third-order valence-electron chi connectivity index (χ3n) is 2.91. The van der Waals surface area contributed by atoms with Crippen LogP contribution in [0.2, 0.25) is 10.0 Å². The van der Waals surface area contributed by atoms with E-state index in [9.17, 15) is 8.42 Å². The lowest BCUT2D eigenvalue weighted by Gasteiger charge is -2.09. The first kappa shape index (κ1) is 18.4. The fraction of sp³-hybridized carbons (Fsp3) is 0.200. The number of thioether (sulfide) groups is 1. The summed E-state index contributed by atoms with van der Waals surface area (Å²) in [5.41, 5.74) is 0. The van der Waals surface area contributed by atoms with Gasteiger partial charge in [-0.05, 0) is 42.5 Å². The second kappa shape index (κ2) is 8.26. The molecule has 2 aromatic rings. The van der Waals surface area contributed by atoms with Crippen molar-refractivity contribution in [2.45, 2.75) is 9.79 Å². The number of methoxy groups -OCH3 is 1. The van der Waals surface area contributed by atoms with Crippen molar-refractivity contribution < 1.29 is 13.2 Å². The number of hydrogen-bond donors (Lipinski definition) is 1. The Morgan fingerprint density at radius 1 is 1.13 bits per heavy atom. The Morgan fingerprint density at radius 3 is 2.43 bits per heavy atom. The van der Waals surface area contributed by atoms with Crippen molar-refractivity contribution in [3.8, 4) is 5.75 Å². The molecule has 8 heteroatoms. The second-order valence-electron chi connectivity index (χ2n) is 4.50. The van der Waals surface area contributed by atoms with Gasteiger partial charge in [-0.1, -0.05) is 23.2 Å². The minimum Gasteiger partial charge on any atom is -0.495 e. The molecular weight excluding hydrogens is 377 g/mol. The molecule has 2 aromatic carbocycles. The van der Waals surface area contributed by atoms with E-state index in [0.29, 0.717) is 23.1 Å². The smallest absolute Gasteiger partial charge is 0.240 e. The minimum atomic E-state index is -3.59. The van der Waals surface area contributed by atoms with Crippen molar-refractivity contribution in [2.75, 3.05) is 19.4 Å². The number of sulfonamides is 1. The van der Waals surface area contributed by atoms with Crippen LogP contribution in [0.5, 0.6) is 5.75 Å². The predicted octanol–water partition coefficient (Wildman–Crippen LogP) is 4.07. The molecule has 0 fully saturated rings. The monoisotopic (exact) mass is 391 g/mol. The van der Waals surface area contributed by atoms with Crippen LogP contribution in [0.3, 0.4) is 0 Å². The van der Waals surface area contributed by atoms with Crippen LogP contribution < -0.4 is 9.46 Å². The van der Waals surface area contributed by atoms with Crippen LogP contribution in [0.1, 0.15) is 0 Å². The molecule has 0 aliphatic heterocycles. The summed E-state index contributed by atoms with van der Waals surface area (Å²) in [6, 6.07) is 11.7. The average Bonchev–Trinajstić information content (AvgIpc) is 2.53. The first-order chi connectivity index (χ1) is 10.9. The van der Waals surface area contributed by atoms with E-state index in [0.717, 1.165) is 4.90 Å². The molecule has 0 radical (unpaired) electrons. The van der Waals surface area contributed by atoms with E-state index in [1.807, 2.05) is 12.1 Å². The summed E-state index contributed by atoms with van der Waals surface area (Å²) >= 11 is 13.3. The molecule has 0 aliphatic rings. The number of halogens is 2. The van der Waals surface area contributed by atoms with Gasteiger partial charge in [0.2, 0.25) is 10.0 Å². The van der Waals surface area contributed by atoms with Gasteiger partial charge in [0.1, 0.15) is 5.75 Å². The highest BCUT2D eigenvalue weighted by Crippen LogP contribution is 2.27. The van der Waals surface area contributed by atoms with Crippen LogP contribution in [0.25, 0.3) is 0 Å². The Labute approximate surface area is 150 Å². The van der Waals surface area contributed by atoms with Gasteiger partial charge in [-0.2, -0.15) is 0 Å². The highest BCUT2D eigenvalue weighted by atomic mass is 35.5. The molecular formula is C15H15Cl2NO3S2. The summed E-state index contributed by atoms with van der Waals surface area (Å²) in [6.45, 7) is 0.305. The van der Waals surface area contributed by atoms with Crippen molar-refractivity contribution in [3.05, 3.63) is 52.5 Å². The highest BCUT2D eigenvalue weighted by Gasteiger charge is 2.15. The molecule has 0 saturated carbocycles. The molecule has 0 amide bonds. The molecule has 23 heavy (non-hydrogen) atoms. The number of benzene rings is 2. The van der Waals surface area contributed by atoms with Crippen LogP contribution in [0.15, 0.2) is 52.3 Å². The lowest BCUT2D eigenvalue weighted by Crippen LogP contribution is -2.26. The second-order valence-corrected chi connectivity index (χ2v) is 8.28. The van der Waals surface area contributed by atoms with Crippen LogP contribution >= 0.6 is 35.0 Å². The number of ether oxygens (including phenoxy) is 1. The van der Waals surface area contributed by atoms with Crippen LogP contribution in [0.4, 0.5) is 0 Å². The van der Waals surface area contributed by atoms with Gasteiger partial charge in [-0.15, -0.1) is 11.8 Å². The van der Waals surface area contributed by atoms with Gasteiger partial charge in [0, 0.05) is 22.2 Å². The summed E-state index contributed by atoms with van der Waals surface area (Å²) in [6.07, 6.45) is 0. The van der Waals surface area contributed by atoms with Gasteiger partial charge in [-0.25, -0.2) is 13.1 Å². The largest absolute Gasteiger partial charge is 0.495 e. The average molecular weight is 392 g/mol. The Hall–Kier alpha value is -0.920. The number of nitrogens with one attached hydrogen (secondary N) is 1. The zero-order valence-corrected chi connectivity index (χ0v) is 15.4. The molecule has 0 atom stereocenters. The first-order valence-electron chi connectivity index (χ1n) is 6.64. The zero-order valence-electron chi connectivity index (χ0n) is 12.3. The Morgan fingerprint density at radius 2 is 1.83 bits per heavy atom. The Balaban J connectivity index is 1.91. The van der Waals surface area contributed by atoms with Crippen LogP contribution in [-0.4, -0.2) is 27.8 Å². The van der Waals surface area contributed by atoms with Crippen molar-refractivity contribution in [3.63, 3.8) is 0 Å². The van der Waals surface area contributed by atoms with E-state index in [4.69, 9.17) is 27.9 Å². The van der Waals surface area contributed by atoms with Crippen LogP contribution in [0, 0.1) is 0 Å². The zero-order chi connectivity index (χ0) is 16.9. The standard InChI is InChI=1S/C15H15Cl2NO3S2/c1-21-15-7-6-13(10-14(15)17)23(19,20)18-8-9-22-12-4-2-11(16)3-5-12/h2-7,10,18H,8-9H2,1H3. The Bertz CT molecular complexity index is 765. The number of rotatable bonds is 7. The molecule has 0 spiro atoms. The van der Waals surface area contributed by atoms with Crippen molar-refractivity contribution >= 4 is 45.0 Å². The minimum absolute atomic E-state index is 0.111. The van der Waals surface area contributed by atoms with Gasteiger partial charge in [-0.3, -0.25) is 0 Å². The highest BCUT2D eigenvalue weighted by molar-refractivity contribution is 7.99. The van der Waals surface area contributed by atoms with Crippen molar-refractivity contribution in [1.29, 1.82) is 0 Å². The maximum absolute atomic E-state index is 12.2. The van der Waals surface area contributed by atoms with E-state index < -0.39 is 10.0 Å². The molecule has 4 nitrogen and oxygen atoms in total. The normalized spacial score (nSPS) is 11.4. The van der Waals surface area contributed by atoms with Gasteiger partial charge in [0.25, 0.3) is 0 Å². The van der Waals surface area contributed by atoms with Crippen LogP contribution in [-0.2, 0) is 10.0 Å². The Kier molecular flexibility index (Phi) is 6.61. The topological polar surface area (TPSA) is 55.4 Å². The SMILES string of the molecule is COc1ccc(S(=O)(=O)NCCSc2ccc(Cl)cc2)cc1Cl. The fourth-order valence-electron chi connectivity index (χ4n) is 1.77. The van der Waals surface area contributed by atoms with Gasteiger partial charge >= 0.3 is 0 Å². The summed E-state index contributed by atoms with van der Waals surface area (Å²) in [7, 11) is -2.12. The molecule has 0 bridgehead atoms. The van der Waals surface area contributed by atoms with Crippen molar-refractivity contribution in [2.24, 2.45) is 0 Å². The molecule has 0 aliphatic carbocycles. The van der Waals surface area contributed by atoms with E-state index in [1.165, 1.54) is 25.3 Å². The molecule has 1 N–H and O–H groups in total. The molecule has 0 heterocycles. The van der Waals surface area contributed by atoms with E-state index in [2.05, 4.69) is 4.72 Å². The fourth-order valence-corrected chi connectivity index (χ4v) is 4.18. The molecule has 2 rings (SSSR count). The number of hydrogen-bond acceptors (Lipinski definition) is 4. The van der Waals surface area contributed by atoms with E-state index in [-0.39, 0.29) is 9.92 Å². The third-order valence-corrected chi connectivity index (χ3v) is 5.93. The lowest BCUT2D eigenvalue weighted by atomic mass is 10.3. The third kappa shape index (κ3) is 5.29. The molecule has 0 unspecified atom stereocenters. The van der Waals surface area contributed by atoms with E-state index >= 15 is 0 Å². The maximum atomic E-state index is 12.2. The summed E-state index contributed by atoms with van der Waals surface area (Å²) < 4.78 is 32.0. The van der Waals surface area contributed by atoms with Gasteiger partial charge < -0.3 is 4.74 Å². The quantitative estimate of drug-likeness (QED) is 0.570. The maximum Gasteiger partial charge on any atom is 0.240 e. The summed E-state index contributed by atoms with van der Waals surface area (Å²) in [5, 5.41) is 0.928. The predicted molar refractivity (Wildman–Crippen MR) is 95.4 cm³/mol. The summed E-state index contributed by atoms with van der Waals surface area (Å²) in [4.78, 5) is 1.14. The van der Waals surface area contributed by atoms with Gasteiger partial charge in [0.05, 0.1) is 17.0 Å². The van der Waals surface area contributed by atoms with Crippen molar-refractivity contribution in [1.82, 2.24) is 4.72 Å². The molecule has 0 saturated heterocycles. The lowest BCUT2D eigenvalue weighted by molar-refractivity contribution is 0.414. The van der Waals surface area contributed by atoms with E-state index in [1.54, 1.807) is 23.9 Å². The summed E-state index contributed by atoms with van der Waals surface area (Å²) in [5.74, 6) is 1.04. The molecule has 0 aromatic heterocycles.